The van der Waals surface area contributed by atoms with Crippen LogP contribution in [0.1, 0.15) is 29.5 Å². The first-order valence-corrected chi connectivity index (χ1v) is 11.8. The monoisotopic (exact) mass is 452 g/mol. The molecule has 0 spiro atoms. The number of aryl methyl sites for hydroxylation is 2. The van der Waals surface area contributed by atoms with Crippen LogP contribution in [0.2, 0.25) is 0 Å². The lowest BCUT2D eigenvalue weighted by molar-refractivity contribution is 0.498. The maximum atomic E-state index is 13.7. The highest BCUT2D eigenvalue weighted by Gasteiger charge is 2.28. The van der Waals surface area contributed by atoms with Gasteiger partial charge in [0, 0.05) is 32.2 Å². The van der Waals surface area contributed by atoms with Gasteiger partial charge in [0.1, 0.15) is 28.5 Å². The molecule has 172 valence electrons. The minimum absolute atomic E-state index is 0.0407. The van der Waals surface area contributed by atoms with E-state index in [1.54, 1.807) is 10.9 Å². The summed E-state index contributed by atoms with van der Waals surface area (Å²) in [6.07, 6.45) is 4.22. The molecule has 2 aromatic heterocycles. The third-order valence-corrected chi connectivity index (χ3v) is 6.54. The second-order valence-electron chi connectivity index (χ2n) is 8.91. The van der Waals surface area contributed by atoms with Crippen LogP contribution in [0, 0.1) is 11.3 Å². The summed E-state index contributed by atoms with van der Waals surface area (Å²) in [5, 5.41) is 10.1. The lowest BCUT2D eigenvalue weighted by atomic mass is 10.1. The normalized spacial score (nSPS) is 16.0. The Morgan fingerprint density at radius 3 is 2.44 bits per heavy atom. The number of piperidine rings is 1. The predicted octanol–water partition coefficient (Wildman–Crippen LogP) is 3.29. The minimum atomic E-state index is -0.124. The van der Waals surface area contributed by atoms with E-state index >= 15 is 0 Å². The Hall–Kier alpha value is -3.89. The minimum Gasteiger partial charge on any atom is -0.355 e. The van der Waals surface area contributed by atoms with E-state index in [4.69, 9.17) is 5.73 Å². The average Bonchev–Trinajstić information content (AvgIpc) is 3.18. The molecule has 0 unspecified atom stereocenters. The number of hydrogen-bond acceptors (Lipinski definition) is 5. The zero-order valence-electron chi connectivity index (χ0n) is 19.1. The number of benzene rings is 2. The van der Waals surface area contributed by atoms with Crippen molar-refractivity contribution < 1.29 is 0 Å². The number of anilines is 1. The Labute approximate surface area is 198 Å². The van der Waals surface area contributed by atoms with Gasteiger partial charge in [0.2, 0.25) is 0 Å². The molecule has 0 bridgehead atoms. The molecule has 0 amide bonds. The van der Waals surface area contributed by atoms with Gasteiger partial charge in [-0.1, -0.05) is 60.7 Å². The molecule has 0 saturated carbocycles. The molecule has 1 aliphatic heterocycles. The number of hydrogen-bond donors (Lipinski definition) is 1. The molecule has 7 nitrogen and oxygen atoms in total. The molecule has 2 aromatic carbocycles. The summed E-state index contributed by atoms with van der Waals surface area (Å²) in [4.78, 5) is 20.5. The molecule has 34 heavy (non-hydrogen) atoms. The Kier molecular flexibility index (Phi) is 6.15. The first-order chi connectivity index (χ1) is 16.7. The molecule has 2 N–H and O–H groups in total. The third-order valence-electron chi connectivity index (χ3n) is 6.54. The highest BCUT2D eigenvalue weighted by Crippen LogP contribution is 2.32. The van der Waals surface area contributed by atoms with Gasteiger partial charge in [0.25, 0.3) is 5.56 Å². The number of rotatable bonds is 6. The van der Waals surface area contributed by atoms with E-state index in [0.29, 0.717) is 36.2 Å². The zero-order chi connectivity index (χ0) is 23.5. The highest BCUT2D eigenvalue weighted by atomic mass is 16.1. The van der Waals surface area contributed by atoms with Crippen LogP contribution in [-0.2, 0) is 19.5 Å². The van der Waals surface area contributed by atoms with Crippen LogP contribution >= 0.6 is 0 Å². The summed E-state index contributed by atoms with van der Waals surface area (Å²) in [5.74, 6) is 0.752. The van der Waals surface area contributed by atoms with Crippen molar-refractivity contribution in [2.24, 2.45) is 5.73 Å². The molecular formula is C27H28N6O. The number of fused-ring (bicyclic) bond motifs is 1. The van der Waals surface area contributed by atoms with Crippen LogP contribution in [0.5, 0.6) is 0 Å². The van der Waals surface area contributed by atoms with Gasteiger partial charge >= 0.3 is 0 Å². The summed E-state index contributed by atoms with van der Waals surface area (Å²) in [5.41, 5.74) is 9.78. The fraction of sp³-hybridized carbons (Fsp3) is 0.296. The van der Waals surface area contributed by atoms with E-state index < -0.39 is 0 Å². The molecule has 1 fully saturated rings. The van der Waals surface area contributed by atoms with Crippen LogP contribution in [-0.4, -0.2) is 33.2 Å². The van der Waals surface area contributed by atoms with E-state index in [0.717, 1.165) is 42.8 Å². The van der Waals surface area contributed by atoms with Gasteiger partial charge in [-0.3, -0.25) is 9.36 Å². The van der Waals surface area contributed by atoms with Crippen molar-refractivity contribution in [3.05, 3.63) is 94.0 Å². The van der Waals surface area contributed by atoms with Gasteiger partial charge in [0.15, 0.2) is 0 Å². The van der Waals surface area contributed by atoms with E-state index in [1.807, 2.05) is 53.1 Å². The SMILES string of the molecule is N#Cc1c(N2CCC[C@H](N)C2)n(Cc2ccccc2)c2c(=O)n(CCc3ccccc3)cnc12. The van der Waals surface area contributed by atoms with Gasteiger partial charge in [-0.05, 0) is 30.4 Å². The topological polar surface area (TPSA) is 92.9 Å². The molecule has 1 atom stereocenters. The van der Waals surface area contributed by atoms with Crippen LogP contribution < -0.4 is 16.2 Å². The van der Waals surface area contributed by atoms with Gasteiger partial charge in [0.05, 0.1) is 6.33 Å². The van der Waals surface area contributed by atoms with Crippen molar-refractivity contribution in [3.63, 3.8) is 0 Å². The first-order valence-electron chi connectivity index (χ1n) is 11.8. The highest BCUT2D eigenvalue weighted by molar-refractivity contribution is 5.89. The van der Waals surface area contributed by atoms with Gasteiger partial charge < -0.3 is 15.2 Å². The van der Waals surface area contributed by atoms with Crippen LogP contribution in [0.25, 0.3) is 11.0 Å². The van der Waals surface area contributed by atoms with Gasteiger partial charge in [-0.15, -0.1) is 0 Å². The maximum absolute atomic E-state index is 13.7. The van der Waals surface area contributed by atoms with Crippen molar-refractivity contribution in [2.45, 2.75) is 38.4 Å². The summed E-state index contributed by atoms with van der Waals surface area (Å²) in [6, 6.07) is 22.5. The number of nitrogens with zero attached hydrogens (tertiary/aromatic N) is 5. The summed E-state index contributed by atoms with van der Waals surface area (Å²) in [7, 11) is 0. The fourth-order valence-corrected chi connectivity index (χ4v) is 4.86. The number of nitriles is 1. The molecule has 1 aliphatic rings. The summed E-state index contributed by atoms with van der Waals surface area (Å²) in [6.45, 7) is 2.46. The molecular weight excluding hydrogens is 424 g/mol. The molecule has 0 aliphatic carbocycles. The maximum Gasteiger partial charge on any atom is 0.277 e. The van der Waals surface area contributed by atoms with E-state index in [-0.39, 0.29) is 11.6 Å². The Balaban J connectivity index is 1.65. The fourth-order valence-electron chi connectivity index (χ4n) is 4.86. The third kappa shape index (κ3) is 4.20. The Morgan fingerprint density at radius 2 is 1.76 bits per heavy atom. The van der Waals surface area contributed by atoms with Crippen molar-refractivity contribution >= 4 is 16.9 Å². The second-order valence-corrected chi connectivity index (χ2v) is 8.91. The standard InChI is InChI=1S/C27H28N6O/c28-16-23-24-25(27(34)32(19-30-24)15-13-20-8-3-1-4-9-20)33(17-21-10-5-2-6-11-21)26(23)31-14-7-12-22(29)18-31/h1-6,8-11,19,22H,7,12-15,17-18,29H2/t22-/m0/s1. The summed E-state index contributed by atoms with van der Waals surface area (Å²) >= 11 is 0. The van der Waals surface area contributed by atoms with E-state index in [2.05, 4.69) is 28.1 Å². The lowest BCUT2D eigenvalue weighted by Gasteiger charge is -2.33. The lowest BCUT2D eigenvalue weighted by Crippen LogP contribution is -2.44. The van der Waals surface area contributed by atoms with Crippen LogP contribution in [0.15, 0.2) is 71.8 Å². The van der Waals surface area contributed by atoms with Crippen LogP contribution in [0.3, 0.4) is 0 Å². The average molecular weight is 453 g/mol. The molecule has 4 aromatic rings. The van der Waals surface area contributed by atoms with Crippen molar-refractivity contribution in [1.82, 2.24) is 14.1 Å². The number of nitrogens with two attached hydrogens (primary N) is 1. The quantitative estimate of drug-likeness (QED) is 0.485. The smallest absolute Gasteiger partial charge is 0.277 e. The Morgan fingerprint density at radius 1 is 1.06 bits per heavy atom. The van der Waals surface area contributed by atoms with Crippen LogP contribution in [0.4, 0.5) is 5.82 Å². The molecule has 0 radical (unpaired) electrons. The van der Waals surface area contributed by atoms with Crippen molar-refractivity contribution in [2.75, 3.05) is 18.0 Å². The van der Waals surface area contributed by atoms with Gasteiger partial charge in [-0.25, -0.2) is 4.98 Å². The van der Waals surface area contributed by atoms with Crippen molar-refractivity contribution in [1.29, 1.82) is 5.26 Å². The van der Waals surface area contributed by atoms with Crippen molar-refractivity contribution in [3.8, 4) is 6.07 Å². The van der Waals surface area contributed by atoms with E-state index in [9.17, 15) is 10.1 Å². The first kappa shape index (κ1) is 21.9. The molecule has 1 saturated heterocycles. The Bertz CT molecular complexity index is 1380. The van der Waals surface area contributed by atoms with Gasteiger partial charge in [-0.2, -0.15) is 5.26 Å². The molecule has 5 rings (SSSR count). The number of aromatic nitrogens is 3. The second kappa shape index (κ2) is 9.54. The molecule has 7 heteroatoms. The molecule has 3 heterocycles. The summed E-state index contributed by atoms with van der Waals surface area (Å²) < 4.78 is 3.64. The largest absolute Gasteiger partial charge is 0.355 e. The zero-order valence-corrected chi connectivity index (χ0v) is 19.1. The predicted molar refractivity (Wildman–Crippen MR) is 134 cm³/mol. The van der Waals surface area contributed by atoms with E-state index in [1.165, 1.54) is 0 Å².